The zero-order valence-corrected chi connectivity index (χ0v) is 33.2. The van der Waals surface area contributed by atoms with Crippen LogP contribution in [0.25, 0.3) is 0 Å². The summed E-state index contributed by atoms with van der Waals surface area (Å²) in [5.74, 6) is 1.60. The number of carbonyl (C=O) groups excluding carboxylic acids is 2. The quantitative estimate of drug-likeness (QED) is 0.0429. The zero-order chi connectivity index (χ0) is 35.5. The number of esters is 1. The summed E-state index contributed by atoms with van der Waals surface area (Å²) in [6, 6.07) is 0. The molecular weight excluding hydrogens is 589 g/mol. The lowest BCUT2D eigenvalue weighted by Crippen LogP contribution is -2.48. The van der Waals surface area contributed by atoms with Crippen LogP contribution in [0.3, 0.4) is 0 Å². The first-order valence-electron chi connectivity index (χ1n) is 21.2. The third-order valence-corrected chi connectivity index (χ3v) is 12.2. The molecule has 2 radical (unpaired) electrons. The zero-order valence-electron chi connectivity index (χ0n) is 33.2. The van der Waals surface area contributed by atoms with Gasteiger partial charge in [0.2, 0.25) is 0 Å². The molecule has 4 nitrogen and oxygen atoms in total. The molecule has 280 valence electrons. The molecule has 0 aromatic carbocycles. The van der Waals surface area contributed by atoms with Gasteiger partial charge in [-0.2, -0.15) is 0 Å². The van der Waals surface area contributed by atoms with Crippen LogP contribution in [0.5, 0.6) is 0 Å². The molecule has 5 heteroatoms. The second-order valence-corrected chi connectivity index (χ2v) is 16.9. The Morgan fingerprint density at radius 1 is 0.646 bits per heavy atom. The second-order valence-electron chi connectivity index (χ2n) is 16.9. The summed E-state index contributed by atoms with van der Waals surface area (Å²) in [5, 5.41) is 2.63. The summed E-state index contributed by atoms with van der Waals surface area (Å²) in [6.07, 6.45) is 35.4. The lowest BCUT2D eigenvalue weighted by atomic mass is 9.64. The number of rotatable bonds is 33. The van der Waals surface area contributed by atoms with Gasteiger partial charge in [0.25, 0.3) is 0 Å². The van der Waals surface area contributed by atoms with E-state index in [9.17, 15) is 9.59 Å². The molecule has 0 aromatic heterocycles. The predicted molar refractivity (Wildman–Crippen MR) is 208 cm³/mol. The summed E-state index contributed by atoms with van der Waals surface area (Å²) in [7, 11) is 5.34. The maximum atomic E-state index is 13.4. The van der Waals surface area contributed by atoms with Crippen LogP contribution in [-0.4, -0.2) is 31.9 Å². The van der Waals surface area contributed by atoms with E-state index < -0.39 is 5.60 Å². The molecule has 1 aliphatic carbocycles. The fourth-order valence-electron chi connectivity index (χ4n) is 8.17. The molecule has 1 aliphatic rings. The van der Waals surface area contributed by atoms with E-state index in [1.54, 1.807) is 0 Å². The SMILES string of the molecule is [B]NCCCC(=O)CC1CCC(CC(=O)OC(C)(C)C(C)(C)C(CCCCCCCCCCCC)CCCCCCCCCCCC)C1. The first kappa shape index (κ1) is 45.2. The van der Waals surface area contributed by atoms with Gasteiger partial charge in [-0.15, -0.1) is 0 Å². The molecule has 0 bridgehead atoms. The van der Waals surface area contributed by atoms with Crippen molar-refractivity contribution >= 4 is 19.7 Å². The maximum absolute atomic E-state index is 13.4. The van der Waals surface area contributed by atoms with Gasteiger partial charge < -0.3 is 9.96 Å². The van der Waals surface area contributed by atoms with Gasteiger partial charge >= 0.3 is 5.97 Å². The van der Waals surface area contributed by atoms with Crippen LogP contribution in [0, 0.1) is 23.2 Å². The summed E-state index contributed by atoms with van der Waals surface area (Å²) in [4.78, 5) is 25.7. The average molecular weight is 672 g/mol. The molecule has 2 unspecified atom stereocenters. The van der Waals surface area contributed by atoms with E-state index in [0.29, 0.717) is 49.3 Å². The van der Waals surface area contributed by atoms with Crippen LogP contribution >= 0.6 is 0 Å². The number of ketones is 1. The van der Waals surface area contributed by atoms with E-state index in [1.807, 2.05) is 0 Å². The monoisotopic (exact) mass is 672 g/mol. The van der Waals surface area contributed by atoms with Crippen molar-refractivity contribution in [2.45, 2.75) is 233 Å². The highest BCUT2D eigenvalue weighted by Crippen LogP contribution is 2.46. The van der Waals surface area contributed by atoms with Crippen LogP contribution in [-0.2, 0) is 14.3 Å². The molecule has 0 saturated heterocycles. The van der Waals surface area contributed by atoms with Crippen LogP contribution in [0.1, 0.15) is 228 Å². The van der Waals surface area contributed by atoms with Crippen LogP contribution < -0.4 is 5.23 Å². The molecule has 1 saturated carbocycles. The van der Waals surface area contributed by atoms with E-state index in [-0.39, 0.29) is 11.4 Å². The Balaban J connectivity index is 2.60. The summed E-state index contributed by atoms with van der Waals surface area (Å²) in [5.41, 5.74) is -0.610. The van der Waals surface area contributed by atoms with E-state index in [4.69, 9.17) is 12.7 Å². The molecule has 0 aromatic rings. The predicted octanol–water partition coefficient (Wildman–Crippen LogP) is 12.8. The van der Waals surface area contributed by atoms with Crippen LogP contribution in [0.15, 0.2) is 0 Å². The van der Waals surface area contributed by atoms with Crippen molar-refractivity contribution in [2.24, 2.45) is 23.2 Å². The van der Waals surface area contributed by atoms with Crippen molar-refractivity contribution in [3.63, 3.8) is 0 Å². The standard InChI is InChI=1S/C43H82BNO3/c1-7-9-11-13-15-17-19-21-23-25-28-39(29-26-24-22-20-18-16-14-12-10-8-2)42(3,4)43(5,6)48-41(47)36-38-32-31-37(34-38)35-40(46)30-27-33-45-44/h37-39,45H,7-36H2,1-6H3. The largest absolute Gasteiger partial charge is 0.459 e. The molecule has 0 heterocycles. The van der Waals surface area contributed by atoms with Crippen molar-refractivity contribution in [2.75, 3.05) is 6.54 Å². The Morgan fingerprint density at radius 3 is 1.50 bits per heavy atom. The Bertz CT molecular complexity index is 773. The molecule has 1 N–H and O–H groups in total. The minimum absolute atomic E-state index is 0.0457. The average Bonchev–Trinajstić information content (AvgIpc) is 3.47. The van der Waals surface area contributed by atoms with Crippen molar-refractivity contribution in [3.8, 4) is 0 Å². The molecule has 1 rings (SSSR count). The van der Waals surface area contributed by atoms with Gasteiger partial charge in [0.05, 0.1) is 0 Å². The van der Waals surface area contributed by atoms with Gasteiger partial charge in [0.1, 0.15) is 11.4 Å². The van der Waals surface area contributed by atoms with Crippen molar-refractivity contribution < 1.29 is 14.3 Å². The summed E-state index contributed by atoms with van der Waals surface area (Å²) < 4.78 is 6.40. The molecular formula is C43H82BNO3. The summed E-state index contributed by atoms with van der Waals surface area (Å²) >= 11 is 0. The van der Waals surface area contributed by atoms with Crippen LogP contribution in [0.2, 0.25) is 0 Å². The number of hydrogen-bond donors (Lipinski definition) is 1. The third-order valence-electron chi connectivity index (χ3n) is 12.2. The Morgan fingerprint density at radius 2 is 1.06 bits per heavy atom. The molecule has 48 heavy (non-hydrogen) atoms. The Kier molecular flexibility index (Phi) is 26.2. The summed E-state index contributed by atoms with van der Waals surface area (Å²) in [6.45, 7) is 14.3. The first-order chi connectivity index (χ1) is 23.1. The van der Waals surface area contributed by atoms with Gasteiger partial charge in [-0.25, -0.2) is 0 Å². The van der Waals surface area contributed by atoms with Crippen molar-refractivity contribution in [3.05, 3.63) is 0 Å². The smallest absolute Gasteiger partial charge is 0.306 e. The van der Waals surface area contributed by atoms with Gasteiger partial charge in [0.15, 0.2) is 7.98 Å². The highest BCUT2D eigenvalue weighted by Gasteiger charge is 2.45. The number of unbranched alkanes of at least 4 members (excludes halogenated alkanes) is 18. The maximum Gasteiger partial charge on any atom is 0.306 e. The van der Waals surface area contributed by atoms with Gasteiger partial charge in [0, 0.05) is 24.7 Å². The molecule has 0 spiro atoms. The fraction of sp³-hybridized carbons (Fsp3) is 0.953. The van der Waals surface area contributed by atoms with E-state index in [0.717, 1.165) is 25.7 Å². The Hall–Kier alpha value is -0.835. The molecule has 2 atom stereocenters. The Labute approximate surface area is 301 Å². The second kappa shape index (κ2) is 27.8. The molecule has 0 aliphatic heterocycles. The fourth-order valence-corrected chi connectivity index (χ4v) is 8.17. The lowest BCUT2D eigenvalue weighted by molar-refractivity contribution is -0.175. The van der Waals surface area contributed by atoms with E-state index in [1.165, 1.54) is 141 Å². The van der Waals surface area contributed by atoms with Gasteiger partial charge in [-0.05, 0) is 76.7 Å². The van der Waals surface area contributed by atoms with Crippen LogP contribution in [0.4, 0.5) is 0 Å². The number of ether oxygens (including phenoxy) is 1. The minimum Gasteiger partial charge on any atom is -0.459 e. The van der Waals surface area contributed by atoms with E-state index in [2.05, 4.69) is 46.8 Å². The van der Waals surface area contributed by atoms with Gasteiger partial charge in [-0.1, -0.05) is 156 Å². The highest BCUT2D eigenvalue weighted by molar-refractivity contribution is 6.04. The molecule has 1 fully saturated rings. The van der Waals surface area contributed by atoms with Crippen molar-refractivity contribution in [1.29, 1.82) is 0 Å². The van der Waals surface area contributed by atoms with Crippen molar-refractivity contribution in [1.82, 2.24) is 5.23 Å². The van der Waals surface area contributed by atoms with E-state index >= 15 is 0 Å². The molecule has 0 amide bonds. The number of hydrogen-bond acceptors (Lipinski definition) is 4. The minimum atomic E-state index is -0.517. The highest BCUT2D eigenvalue weighted by atomic mass is 16.6. The first-order valence-corrected chi connectivity index (χ1v) is 21.2. The van der Waals surface area contributed by atoms with Gasteiger partial charge in [-0.3, -0.25) is 9.59 Å². The number of Topliss-reactive ketones (excluding diaryl/α,β-unsaturated/α-hetero) is 1. The number of carbonyl (C=O) groups is 2. The third kappa shape index (κ3) is 20.7. The lowest BCUT2D eigenvalue weighted by Gasteiger charge is -2.46. The normalized spacial score (nSPS) is 17.0. The number of nitrogens with one attached hydrogen (secondary N) is 1. The topological polar surface area (TPSA) is 55.4 Å².